The molecule has 5 heteroatoms. The summed E-state index contributed by atoms with van der Waals surface area (Å²) < 4.78 is 0.813. The molecule has 0 aliphatic rings. The number of carboxylic acids is 1. The normalized spacial score (nSPS) is 10.9. The minimum Gasteiger partial charge on any atom is -0.478 e. The summed E-state index contributed by atoms with van der Waals surface area (Å²) in [6.07, 6.45) is 0. The van der Waals surface area contributed by atoms with E-state index in [1.165, 1.54) is 0 Å². The van der Waals surface area contributed by atoms with Crippen molar-refractivity contribution in [2.45, 2.75) is 18.7 Å². The molecule has 0 amide bonds. The molecule has 3 nitrogen and oxygen atoms in total. The minimum absolute atomic E-state index is 0.328. The SMILES string of the molecule is CCN(CC)CCSc1cc(Br)cc(C(=O)O)c1. The van der Waals surface area contributed by atoms with Crippen molar-refractivity contribution >= 4 is 33.7 Å². The fourth-order valence-corrected chi connectivity index (χ4v) is 3.25. The van der Waals surface area contributed by atoms with Gasteiger partial charge in [-0.05, 0) is 31.3 Å². The summed E-state index contributed by atoms with van der Waals surface area (Å²) in [4.78, 5) is 14.3. The fraction of sp³-hybridized carbons (Fsp3) is 0.462. The van der Waals surface area contributed by atoms with Crippen LogP contribution in [0.25, 0.3) is 0 Å². The van der Waals surface area contributed by atoms with Crippen molar-refractivity contribution < 1.29 is 9.90 Å². The highest BCUT2D eigenvalue weighted by atomic mass is 79.9. The number of rotatable bonds is 7. The molecule has 1 aromatic rings. The van der Waals surface area contributed by atoms with Gasteiger partial charge in [-0.3, -0.25) is 0 Å². The number of nitrogens with zero attached hydrogens (tertiary/aromatic N) is 1. The Hall–Kier alpha value is -0.520. The molecule has 0 atom stereocenters. The van der Waals surface area contributed by atoms with E-state index < -0.39 is 5.97 Å². The Morgan fingerprint density at radius 2 is 2.00 bits per heavy atom. The van der Waals surface area contributed by atoms with Crippen LogP contribution in [0.4, 0.5) is 0 Å². The Morgan fingerprint density at radius 3 is 2.56 bits per heavy atom. The van der Waals surface area contributed by atoms with Gasteiger partial charge in [0.25, 0.3) is 0 Å². The number of aromatic carboxylic acids is 1. The fourth-order valence-electron chi connectivity index (χ4n) is 1.60. The van der Waals surface area contributed by atoms with Crippen LogP contribution in [-0.4, -0.2) is 41.4 Å². The molecule has 0 radical (unpaired) electrons. The minimum atomic E-state index is -0.887. The molecule has 18 heavy (non-hydrogen) atoms. The largest absolute Gasteiger partial charge is 0.478 e. The highest BCUT2D eigenvalue weighted by Gasteiger charge is 2.07. The van der Waals surface area contributed by atoms with Gasteiger partial charge in [-0.25, -0.2) is 4.79 Å². The molecule has 0 fully saturated rings. The maximum absolute atomic E-state index is 10.9. The van der Waals surface area contributed by atoms with Gasteiger partial charge in [-0.1, -0.05) is 29.8 Å². The average molecular weight is 332 g/mol. The molecule has 0 saturated carbocycles. The molecule has 0 heterocycles. The Morgan fingerprint density at radius 1 is 1.33 bits per heavy atom. The molecule has 1 N–H and O–H groups in total. The number of halogens is 1. The molecule has 0 spiro atoms. The van der Waals surface area contributed by atoms with Crippen LogP contribution >= 0.6 is 27.7 Å². The second-order valence-corrected chi connectivity index (χ2v) is 5.94. The van der Waals surface area contributed by atoms with Crippen LogP contribution in [-0.2, 0) is 0 Å². The van der Waals surface area contributed by atoms with Gasteiger partial charge in [0.15, 0.2) is 0 Å². The van der Waals surface area contributed by atoms with Gasteiger partial charge in [0.1, 0.15) is 0 Å². The predicted octanol–water partition coefficient (Wildman–Crippen LogP) is 3.58. The van der Waals surface area contributed by atoms with Crippen molar-refractivity contribution in [3.05, 3.63) is 28.2 Å². The third-order valence-corrected chi connectivity index (χ3v) is 4.10. The number of benzene rings is 1. The molecule has 0 saturated heterocycles. The summed E-state index contributed by atoms with van der Waals surface area (Å²) >= 11 is 5.03. The first-order valence-corrected chi connectivity index (χ1v) is 7.73. The Bertz CT molecular complexity index is 408. The molecule has 100 valence electrons. The highest BCUT2D eigenvalue weighted by Crippen LogP contribution is 2.24. The molecule has 1 aromatic carbocycles. The van der Waals surface area contributed by atoms with Gasteiger partial charge in [0.05, 0.1) is 5.56 Å². The predicted molar refractivity (Wildman–Crippen MR) is 79.6 cm³/mol. The summed E-state index contributed by atoms with van der Waals surface area (Å²) in [7, 11) is 0. The van der Waals surface area contributed by atoms with Gasteiger partial charge in [-0.2, -0.15) is 0 Å². The second-order valence-electron chi connectivity index (χ2n) is 3.86. The number of carboxylic acid groups (broad SMARTS) is 1. The van der Waals surface area contributed by atoms with E-state index in [4.69, 9.17) is 5.11 Å². The van der Waals surface area contributed by atoms with Crippen LogP contribution < -0.4 is 0 Å². The van der Waals surface area contributed by atoms with Crippen LogP contribution in [0.15, 0.2) is 27.6 Å². The van der Waals surface area contributed by atoms with Crippen molar-refractivity contribution in [2.75, 3.05) is 25.4 Å². The zero-order valence-corrected chi connectivity index (χ0v) is 13.1. The van der Waals surface area contributed by atoms with Crippen molar-refractivity contribution in [1.29, 1.82) is 0 Å². The summed E-state index contributed by atoms with van der Waals surface area (Å²) in [5, 5.41) is 8.99. The van der Waals surface area contributed by atoms with Crippen molar-refractivity contribution in [3.8, 4) is 0 Å². The van der Waals surface area contributed by atoms with Crippen LogP contribution in [0, 0.1) is 0 Å². The highest BCUT2D eigenvalue weighted by molar-refractivity contribution is 9.10. The molecule has 1 rings (SSSR count). The maximum atomic E-state index is 10.9. The van der Waals surface area contributed by atoms with Gasteiger partial charge in [-0.15, -0.1) is 11.8 Å². The van der Waals surface area contributed by atoms with E-state index in [2.05, 4.69) is 34.7 Å². The third kappa shape index (κ3) is 5.00. The molecule has 0 unspecified atom stereocenters. The molecule has 0 aromatic heterocycles. The lowest BCUT2D eigenvalue weighted by Gasteiger charge is -2.17. The number of carbonyl (C=O) groups is 1. The first-order chi connectivity index (χ1) is 8.56. The van der Waals surface area contributed by atoms with Crippen molar-refractivity contribution in [3.63, 3.8) is 0 Å². The molecule has 0 aliphatic carbocycles. The number of hydrogen-bond donors (Lipinski definition) is 1. The lowest BCUT2D eigenvalue weighted by atomic mass is 10.2. The van der Waals surface area contributed by atoms with E-state index in [-0.39, 0.29) is 0 Å². The Kier molecular flexibility index (Phi) is 6.75. The monoisotopic (exact) mass is 331 g/mol. The first kappa shape index (κ1) is 15.5. The topological polar surface area (TPSA) is 40.5 Å². The van der Waals surface area contributed by atoms with Crippen molar-refractivity contribution in [1.82, 2.24) is 4.90 Å². The van der Waals surface area contributed by atoms with Crippen LogP contribution in [0.3, 0.4) is 0 Å². The lowest BCUT2D eigenvalue weighted by molar-refractivity contribution is 0.0696. The van der Waals surface area contributed by atoms with Gasteiger partial charge >= 0.3 is 5.97 Å². The van der Waals surface area contributed by atoms with Gasteiger partial charge in [0, 0.05) is 21.7 Å². The Balaban J connectivity index is 2.59. The lowest BCUT2D eigenvalue weighted by Crippen LogP contribution is -2.25. The van der Waals surface area contributed by atoms with Crippen molar-refractivity contribution in [2.24, 2.45) is 0 Å². The first-order valence-electron chi connectivity index (χ1n) is 5.95. The summed E-state index contributed by atoms with van der Waals surface area (Å²) in [6, 6.07) is 5.30. The summed E-state index contributed by atoms with van der Waals surface area (Å²) in [5.74, 6) is 0.0823. The average Bonchev–Trinajstić information content (AvgIpc) is 2.34. The van der Waals surface area contributed by atoms with Crippen LogP contribution in [0.1, 0.15) is 24.2 Å². The zero-order chi connectivity index (χ0) is 13.5. The van der Waals surface area contributed by atoms with E-state index in [1.807, 2.05) is 6.07 Å². The smallest absolute Gasteiger partial charge is 0.335 e. The summed E-state index contributed by atoms with van der Waals surface area (Å²) in [5.41, 5.74) is 0.328. The van der Waals surface area contributed by atoms with Gasteiger partial charge in [0.2, 0.25) is 0 Å². The molecular formula is C13H18BrNO2S. The standard InChI is InChI=1S/C13H18BrNO2S/c1-3-15(4-2)5-6-18-12-8-10(13(16)17)7-11(14)9-12/h7-9H,3-6H2,1-2H3,(H,16,17). The Labute approximate surface area is 121 Å². The van der Waals surface area contributed by atoms with Gasteiger partial charge < -0.3 is 10.0 Å². The summed E-state index contributed by atoms with van der Waals surface area (Å²) in [6.45, 7) is 7.42. The van der Waals surface area contributed by atoms with E-state index in [1.54, 1.807) is 23.9 Å². The molecular weight excluding hydrogens is 314 g/mol. The van der Waals surface area contributed by atoms with E-state index >= 15 is 0 Å². The zero-order valence-electron chi connectivity index (χ0n) is 10.6. The quantitative estimate of drug-likeness (QED) is 0.775. The maximum Gasteiger partial charge on any atom is 0.335 e. The van der Waals surface area contributed by atoms with E-state index in [9.17, 15) is 4.79 Å². The van der Waals surface area contributed by atoms with Crippen LogP contribution in [0.2, 0.25) is 0 Å². The number of thioether (sulfide) groups is 1. The van der Waals surface area contributed by atoms with Crippen LogP contribution in [0.5, 0.6) is 0 Å². The molecule has 0 aliphatic heterocycles. The molecule has 0 bridgehead atoms. The van der Waals surface area contributed by atoms with E-state index in [0.717, 1.165) is 34.8 Å². The number of hydrogen-bond acceptors (Lipinski definition) is 3. The van der Waals surface area contributed by atoms with E-state index in [0.29, 0.717) is 5.56 Å². The second kappa shape index (κ2) is 7.81. The third-order valence-electron chi connectivity index (χ3n) is 2.69.